The standard InChI is InChI=1S/C22H19N5O/c1-15-5-3-6-20(25-15)21(26-27-12-4-7-22(27)28)13-16-10-11-24-19-9-8-17(23-2)14-18(16)19/h3,5-6,8-11,14H,4,7,12-13H2,1H3. The lowest BCUT2D eigenvalue weighted by Gasteiger charge is -2.14. The van der Waals surface area contributed by atoms with Gasteiger partial charge in [-0.3, -0.25) is 14.8 Å². The number of pyridine rings is 2. The Morgan fingerprint density at radius 1 is 1.29 bits per heavy atom. The van der Waals surface area contributed by atoms with Crippen molar-refractivity contribution in [3.8, 4) is 0 Å². The van der Waals surface area contributed by atoms with Crippen LogP contribution in [0.15, 0.2) is 53.8 Å². The molecule has 0 aliphatic carbocycles. The summed E-state index contributed by atoms with van der Waals surface area (Å²) in [6.07, 6.45) is 3.62. The van der Waals surface area contributed by atoms with Crippen LogP contribution in [-0.4, -0.2) is 33.1 Å². The SMILES string of the molecule is [C-]#[N+]c1ccc2nccc(CC(=NN3CCCC3=O)c3cccc(C)n3)c2c1. The summed E-state index contributed by atoms with van der Waals surface area (Å²) in [7, 11) is 0. The Balaban J connectivity index is 1.80. The smallest absolute Gasteiger partial charge is 0.242 e. The summed E-state index contributed by atoms with van der Waals surface area (Å²) in [6, 6.07) is 13.2. The number of carbonyl (C=O) groups excluding carboxylic acids is 1. The fourth-order valence-electron chi connectivity index (χ4n) is 3.36. The maximum absolute atomic E-state index is 12.1. The number of fused-ring (bicyclic) bond motifs is 1. The highest BCUT2D eigenvalue weighted by atomic mass is 16.2. The Morgan fingerprint density at radius 2 is 2.18 bits per heavy atom. The molecule has 1 aliphatic rings. The summed E-state index contributed by atoms with van der Waals surface area (Å²) >= 11 is 0. The maximum Gasteiger partial charge on any atom is 0.242 e. The summed E-state index contributed by atoms with van der Waals surface area (Å²) in [4.78, 5) is 24.7. The van der Waals surface area contributed by atoms with Crippen LogP contribution < -0.4 is 0 Å². The largest absolute Gasteiger partial charge is 0.273 e. The van der Waals surface area contributed by atoms with Gasteiger partial charge in [0, 0.05) is 31.3 Å². The number of aryl methyl sites for hydroxylation is 1. The van der Waals surface area contributed by atoms with Gasteiger partial charge in [-0.1, -0.05) is 12.1 Å². The molecule has 1 saturated heterocycles. The van der Waals surface area contributed by atoms with Crippen LogP contribution in [0, 0.1) is 13.5 Å². The molecular weight excluding hydrogens is 350 g/mol. The molecule has 0 N–H and O–H groups in total. The van der Waals surface area contributed by atoms with Crippen LogP contribution in [0.4, 0.5) is 5.69 Å². The molecule has 0 saturated carbocycles. The monoisotopic (exact) mass is 369 g/mol. The minimum absolute atomic E-state index is 0.0417. The fourth-order valence-corrected chi connectivity index (χ4v) is 3.36. The Hall–Kier alpha value is -3.59. The first-order chi connectivity index (χ1) is 13.6. The third-order valence-electron chi connectivity index (χ3n) is 4.78. The summed E-state index contributed by atoms with van der Waals surface area (Å²) in [5, 5.41) is 7.14. The molecule has 0 radical (unpaired) electrons. The molecule has 28 heavy (non-hydrogen) atoms. The van der Waals surface area contributed by atoms with E-state index < -0.39 is 0 Å². The maximum atomic E-state index is 12.1. The van der Waals surface area contributed by atoms with E-state index in [1.54, 1.807) is 17.3 Å². The molecule has 138 valence electrons. The molecule has 2 aromatic heterocycles. The molecule has 0 spiro atoms. The van der Waals surface area contributed by atoms with Crippen LogP contribution in [0.25, 0.3) is 15.7 Å². The quantitative estimate of drug-likeness (QED) is 0.515. The van der Waals surface area contributed by atoms with E-state index in [1.165, 1.54) is 0 Å². The van der Waals surface area contributed by atoms with Crippen molar-refractivity contribution in [3.05, 3.63) is 77.0 Å². The first kappa shape index (κ1) is 17.8. The van der Waals surface area contributed by atoms with Gasteiger partial charge in [0.05, 0.1) is 23.5 Å². The molecule has 3 heterocycles. The van der Waals surface area contributed by atoms with Crippen molar-refractivity contribution in [1.82, 2.24) is 15.0 Å². The average molecular weight is 369 g/mol. The van der Waals surface area contributed by atoms with Crippen LogP contribution >= 0.6 is 0 Å². The molecule has 0 bridgehead atoms. The van der Waals surface area contributed by atoms with Gasteiger partial charge in [-0.15, -0.1) is 0 Å². The summed E-state index contributed by atoms with van der Waals surface area (Å²) in [6.45, 7) is 9.86. The topological polar surface area (TPSA) is 62.8 Å². The minimum atomic E-state index is 0.0417. The second-order valence-corrected chi connectivity index (χ2v) is 6.79. The molecule has 1 fully saturated rings. The van der Waals surface area contributed by atoms with Crippen LogP contribution in [-0.2, 0) is 11.2 Å². The van der Waals surface area contributed by atoms with Gasteiger partial charge in [0.25, 0.3) is 0 Å². The molecule has 6 nitrogen and oxygen atoms in total. The van der Waals surface area contributed by atoms with E-state index in [4.69, 9.17) is 6.57 Å². The Bertz CT molecular complexity index is 1130. The number of amides is 1. The number of hydrogen-bond donors (Lipinski definition) is 0. The van der Waals surface area contributed by atoms with Crippen molar-refractivity contribution < 1.29 is 4.79 Å². The fraction of sp³-hybridized carbons (Fsp3) is 0.227. The van der Waals surface area contributed by atoms with Crippen LogP contribution in [0.5, 0.6) is 0 Å². The normalized spacial score (nSPS) is 14.5. The van der Waals surface area contributed by atoms with Gasteiger partial charge < -0.3 is 0 Å². The second-order valence-electron chi connectivity index (χ2n) is 6.79. The highest BCUT2D eigenvalue weighted by molar-refractivity contribution is 6.03. The number of hydrazone groups is 1. The van der Waals surface area contributed by atoms with Crippen molar-refractivity contribution in [2.75, 3.05) is 6.54 Å². The zero-order chi connectivity index (χ0) is 19.5. The predicted molar refractivity (Wildman–Crippen MR) is 108 cm³/mol. The highest BCUT2D eigenvalue weighted by Crippen LogP contribution is 2.24. The lowest BCUT2D eigenvalue weighted by atomic mass is 10.0. The van der Waals surface area contributed by atoms with E-state index in [-0.39, 0.29) is 5.91 Å². The Kier molecular flexibility index (Phi) is 4.81. The average Bonchev–Trinajstić information content (AvgIpc) is 3.12. The van der Waals surface area contributed by atoms with Gasteiger partial charge in [-0.05, 0) is 54.6 Å². The molecule has 4 rings (SSSR count). The number of benzene rings is 1. The molecule has 3 aromatic rings. The number of rotatable bonds is 4. The van der Waals surface area contributed by atoms with E-state index in [1.807, 2.05) is 43.3 Å². The zero-order valence-electron chi connectivity index (χ0n) is 15.6. The molecular formula is C22H19N5O. The zero-order valence-corrected chi connectivity index (χ0v) is 15.6. The Labute approximate surface area is 163 Å². The number of hydrogen-bond acceptors (Lipinski definition) is 4. The van der Waals surface area contributed by atoms with E-state index in [2.05, 4.69) is 19.9 Å². The molecule has 0 unspecified atom stereocenters. The van der Waals surface area contributed by atoms with Crippen molar-refractivity contribution in [1.29, 1.82) is 0 Å². The lowest BCUT2D eigenvalue weighted by molar-refractivity contribution is -0.127. The highest BCUT2D eigenvalue weighted by Gasteiger charge is 2.21. The molecule has 1 aliphatic heterocycles. The van der Waals surface area contributed by atoms with Gasteiger partial charge in [0.2, 0.25) is 5.91 Å². The van der Waals surface area contributed by atoms with E-state index in [0.717, 1.165) is 40.0 Å². The van der Waals surface area contributed by atoms with Crippen LogP contribution in [0.3, 0.4) is 0 Å². The second kappa shape index (κ2) is 7.57. The first-order valence-electron chi connectivity index (χ1n) is 9.21. The first-order valence-corrected chi connectivity index (χ1v) is 9.21. The Morgan fingerprint density at radius 3 is 2.93 bits per heavy atom. The predicted octanol–water partition coefficient (Wildman–Crippen LogP) is 4.06. The van der Waals surface area contributed by atoms with Gasteiger partial charge >= 0.3 is 0 Å². The van der Waals surface area contributed by atoms with E-state index in [0.29, 0.717) is 25.1 Å². The summed E-state index contributed by atoms with van der Waals surface area (Å²) in [5.74, 6) is 0.0417. The van der Waals surface area contributed by atoms with Gasteiger partial charge in [0.1, 0.15) is 0 Å². The molecule has 1 amide bonds. The lowest BCUT2D eigenvalue weighted by Crippen LogP contribution is -2.22. The van der Waals surface area contributed by atoms with Crippen molar-refractivity contribution in [2.24, 2.45) is 5.10 Å². The van der Waals surface area contributed by atoms with Crippen molar-refractivity contribution in [3.63, 3.8) is 0 Å². The molecule has 6 heteroatoms. The van der Waals surface area contributed by atoms with E-state index in [9.17, 15) is 4.79 Å². The third-order valence-corrected chi connectivity index (χ3v) is 4.78. The number of aromatic nitrogens is 2. The van der Waals surface area contributed by atoms with Crippen molar-refractivity contribution in [2.45, 2.75) is 26.2 Å². The number of nitrogens with zero attached hydrogens (tertiary/aromatic N) is 5. The molecule has 1 aromatic carbocycles. The molecule has 0 atom stereocenters. The van der Waals surface area contributed by atoms with Crippen LogP contribution in [0.2, 0.25) is 0 Å². The number of carbonyl (C=O) groups is 1. The minimum Gasteiger partial charge on any atom is -0.273 e. The van der Waals surface area contributed by atoms with Gasteiger partial charge in [0.15, 0.2) is 5.69 Å². The van der Waals surface area contributed by atoms with Crippen LogP contribution in [0.1, 0.15) is 29.8 Å². The summed E-state index contributed by atoms with van der Waals surface area (Å²) < 4.78 is 0. The summed E-state index contributed by atoms with van der Waals surface area (Å²) in [5.41, 5.74) is 4.80. The van der Waals surface area contributed by atoms with Crippen molar-refractivity contribution >= 4 is 28.2 Å². The van der Waals surface area contributed by atoms with E-state index >= 15 is 0 Å². The third kappa shape index (κ3) is 3.60. The van der Waals surface area contributed by atoms with Gasteiger partial charge in [-0.25, -0.2) is 9.85 Å². The van der Waals surface area contributed by atoms with Gasteiger partial charge in [-0.2, -0.15) is 5.10 Å².